The van der Waals surface area contributed by atoms with E-state index >= 15 is 0 Å². The minimum atomic E-state index is 0.831. The van der Waals surface area contributed by atoms with Gasteiger partial charge in [-0.1, -0.05) is 19.8 Å². The zero-order valence-corrected chi connectivity index (χ0v) is 10.9. The van der Waals surface area contributed by atoms with Crippen molar-refractivity contribution in [1.82, 2.24) is 4.98 Å². The fourth-order valence-electron chi connectivity index (χ4n) is 2.68. The first kappa shape index (κ1) is 12.2. The molecule has 1 aromatic heterocycles. The highest BCUT2D eigenvalue weighted by Gasteiger charge is 2.18. The van der Waals surface area contributed by atoms with Gasteiger partial charge >= 0.3 is 0 Å². The van der Waals surface area contributed by atoms with Gasteiger partial charge in [0.2, 0.25) is 0 Å². The van der Waals surface area contributed by atoms with Gasteiger partial charge in [0.05, 0.1) is 23.8 Å². The minimum absolute atomic E-state index is 0.831. The third kappa shape index (κ3) is 3.62. The van der Waals surface area contributed by atoms with Gasteiger partial charge in [0, 0.05) is 13.6 Å². The van der Waals surface area contributed by atoms with Gasteiger partial charge in [-0.25, -0.2) is 0 Å². The Bertz CT molecular complexity index is 351. The lowest BCUT2D eigenvalue weighted by Crippen LogP contribution is -2.21. The summed E-state index contributed by atoms with van der Waals surface area (Å²) in [5.41, 5.74) is 2.18. The molecule has 94 valence electrons. The molecule has 2 atom stereocenters. The molecule has 1 aromatic rings. The first-order valence-corrected chi connectivity index (χ1v) is 6.64. The molecule has 1 fully saturated rings. The molecule has 1 heterocycles. The Hall–Kier alpha value is -1.25. The van der Waals surface area contributed by atoms with Crippen LogP contribution in [-0.2, 0) is 0 Å². The zero-order chi connectivity index (χ0) is 12.1. The lowest BCUT2D eigenvalue weighted by Gasteiger charge is -2.27. The lowest BCUT2D eigenvalue weighted by atomic mass is 9.82. The highest BCUT2D eigenvalue weighted by Crippen LogP contribution is 2.28. The standard InChI is InChI=1S/C14H23N3/c1-11-4-3-5-12(6-11)8-17-14-7-13(15-2)9-16-10-14/h7,9-12,15,17H,3-6,8H2,1-2H3. The van der Waals surface area contributed by atoms with Crippen LogP contribution in [0.1, 0.15) is 32.6 Å². The summed E-state index contributed by atoms with van der Waals surface area (Å²) in [5.74, 6) is 1.73. The van der Waals surface area contributed by atoms with Gasteiger partial charge in [-0.05, 0) is 30.7 Å². The summed E-state index contributed by atoms with van der Waals surface area (Å²) in [5, 5.41) is 6.62. The summed E-state index contributed by atoms with van der Waals surface area (Å²) in [6.45, 7) is 3.45. The van der Waals surface area contributed by atoms with Crippen LogP contribution in [0.15, 0.2) is 18.5 Å². The number of anilines is 2. The summed E-state index contributed by atoms with van der Waals surface area (Å²) in [4.78, 5) is 4.21. The van der Waals surface area contributed by atoms with Crippen molar-refractivity contribution < 1.29 is 0 Å². The van der Waals surface area contributed by atoms with Crippen LogP contribution < -0.4 is 10.6 Å². The van der Waals surface area contributed by atoms with E-state index in [2.05, 4.69) is 28.6 Å². The monoisotopic (exact) mass is 233 g/mol. The van der Waals surface area contributed by atoms with Crippen molar-refractivity contribution in [3.8, 4) is 0 Å². The third-order valence-electron chi connectivity index (χ3n) is 3.67. The van der Waals surface area contributed by atoms with Crippen LogP contribution in [0.5, 0.6) is 0 Å². The van der Waals surface area contributed by atoms with Gasteiger partial charge in [0.25, 0.3) is 0 Å². The van der Waals surface area contributed by atoms with E-state index in [1.165, 1.54) is 25.7 Å². The number of rotatable bonds is 4. The Morgan fingerprint density at radius 3 is 2.88 bits per heavy atom. The number of nitrogens with one attached hydrogen (secondary N) is 2. The predicted molar refractivity (Wildman–Crippen MR) is 73.4 cm³/mol. The molecule has 1 saturated carbocycles. The maximum Gasteiger partial charge on any atom is 0.0547 e. The van der Waals surface area contributed by atoms with E-state index in [1.807, 2.05) is 19.4 Å². The van der Waals surface area contributed by atoms with E-state index in [4.69, 9.17) is 0 Å². The Labute approximate surface area is 104 Å². The van der Waals surface area contributed by atoms with Gasteiger partial charge < -0.3 is 10.6 Å². The van der Waals surface area contributed by atoms with Crippen molar-refractivity contribution in [2.75, 3.05) is 24.2 Å². The van der Waals surface area contributed by atoms with Crippen LogP contribution in [0.4, 0.5) is 11.4 Å². The average molecular weight is 233 g/mol. The first-order chi connectivity index (χ1) is 8.28. The van der Waals surface area contributed by atoms with E-state index < -0.39 is 0 Å². The number of hydrogen-bond acceptors (Lipinski definition) is 3. The van der Waals surface area contributed by atoms with E-state index in [9.17, 15) is 0 Å². The zero-order valence-electron chi connectivity index (χ0n) is 10.9. The maximum absolute atomic E-state index is 4.21. The van der Waals surface area contributed by atoms with Crippen molar-refractivity contribution in [3.05, 3.63) is 18.5 Å². The van der Waals surface area contributed by atoms with Crippen LogP contribution in [0.2, 0.25) is 0 Å². The second kappa shape index (κ2) is 5.89. The van der Waals surface area contributed by atoms with Crippen molar-refractivity contribution >= 4 is 11.4 Å². The molecule has 2 rings (SSSR count). The highest BCUT2D eigenvalue weighted by molar-refractivity contribution is 5.53. The molecule has 0 aliphatic heterocycles. The van der Waals surface area contributed by atoms with Crippen LogP contribution in [0, 0.1) is 11.8 Å². The van der Waals surface area contributed by atoms with E-state index in [0.29, 0.717) is 0 Å². The van der Waals surface area contributed by atoms with Crippen molar-refractivity contribution in [2.24, 2.45) is 11.8 Å². The average Bonchev–Trinajstić information content (AvgIpc) is 2.37. The molecule has 0 aromatic carbocycles. The Morgan fingerprint density at radius 1 is 1.29 bits per heavy atom. The van der Waals surface area contributed by atoms with Crippen LogP contribution in [0.3, 0.4) is 0 Å². The second-order valence-corrected chi connectivity index (χ2v) is 5.23. The molecular weight excluding hydrogens is 210 g/mol. The Kier molecular flexibility index (Phi) is 4.24. The van der Waals surface area contributed by atoms with Crippen LogP contribution >= 0.6 is 0 Å². The Morgan fingerprint density at radius 2 is 2.12 bits per heavy atom. The van der Waals surface area contributed by atoms with E-state index in [-0.39, 0.29) is 0 Å². The van der Waals surface area contributed by atoms with Gasteiger partial charge in [-0.15, -0.1) is 0 Å². The smallest absolute Gasteiger partial charge is 0.0547 e. The SMILES string of the molecule is CNc1cncc(NCC2CCCC(C)C2)c1. The molecule has 1 aliphatic rings. The molecule has 0 spiro atoms. The highest BCUT2D eigenvalue weighted by atomic mass is 14.9. The van der Waals surface area contributed by atoms with Gasteiger partial charge in [0.1, 0.15) is 0 Å². The van der Waals surface area contributed by atoms with Crippen LogP contribution in [-0.4, -0.2) is 18.6 Å². The normalized spacial score (nSPS) is 24.4. The van der Waals surface area contributed by atoms with E-state index in [1.54, 1.807) is 0 Å². The molecule has 0 bridgehead atoms. The molecule has 3 nitrogen and oxygen atoms in total. The van der Waals surface area contributed by atoms with Crippen molar-refractivity contribution in [2.45, 2.75) is 32.6 Å². The topological polar surface area (TPSA) is 37.0 Å². The minimum Gasteiger partial charge on any atom is -0.387 e. The van der Waals surface area contributed by atoms with Crippen molar-refractivity contribution in [1.29, 1.82) is 0 Å². The van der Waals surface area contributed by atoms with Gasteiger partial charge in [-0.2, -0.15) is 0 Å². The second-order valence-electron chi connectivity index (χ2n) is 5.23. The number of nitrogens with zero attached hydrogens (tertiary/aromatic N) is 1. The van der Waals surface area contributed by atoms with Gasteiger partial charge in [-0.3, -0.25) is 4.98 Å². The van der Waals surface area contributed by atoms with Crippen LogP contribution in [0.25, 0.3) is 0 Å². The Balaban J connectivity index is 1.84. The number of pyridine rings is 1. The largest absolute Gasteiger partial charge is 0.387 e. The molecule has 2 unspecified atom stereocenters. The molecule has 2 N–H and O–H groups in total. The number of hydrogen-bond donors (Lipinski definition) is 2. The third-order valence-corrected chi connectivity index (χ3v) is 3.67. The molecular formula is C14H23N3. The first-order valence-electron chi connectivity index (χ1n) is 6.64. The maximum atomic E-state index is 4.21. The molecule has 3 heteroatoms. The van der Waals surface area contributed by atoms with Crippen molar-refractivity contribution in [3.63, 3.8) is 0 Å². The summed E-state index contributed by atoms with van der Waals surface area (Å²) >= 11 is 0. The molecule has 0 amide bonds. The number of aromatic nitrogens is 1. The van der Waals surface area contributed by atoms with E-state index in [0.717, 1.165) is 29.8 Å². The predicted octanol–water partition coefficient (Wildman–Crippen LogP) is 3.36. The molecule has 17 heavy (non-hydrogen) atoms. The quantitative estimate of drug-likeness (QED) is 0.837. The summed E-state index contributed by atoms with van der Waals surface area (Å²) in [7, 11) is 1.92. The fraction of sp³-hybridized carbons (Fsp3) is 0.643. The van der Waals surface area contributed by atoms with Gasteiger partial charge in [0.15, 0.2) is 0 Å². The summed E-state index contributed by atoms with van der Waals surface area (Å²) in [6, 6.07) is 2.11. The summed E-state index contributed by atoms with van der Waals surface area (Å²) in [6.07, 6.45) is 9.28. The molecule has 0 saturated heterocycles. The fourth-order valence-corrected chi connectivity index (χ4v) is 2.68. The molecule has 0 radical (unpaired) electrons. The molecule has 1 aliphatic carbocycles. The lowest BCUT2D eigenvalue weighted by molar-refractivity contribution is 0.293. The summed E-state index contributed by atoms with van der Waals surface area (Å²) < 4.78 is 0.